The number of carbonyl (C=O) groups excluding carboxylic acids is 1. The first kappa shape index (κ1) is 22.4. The molecule has 176 valence electrons. The summed E-state index contributed by atoms with van der Waals surface area (Å²) in [5, 5.41) is 4.76. The lowest BCUT2D eigenvalue weighted by molar-refractivity contribution is -0.116. The van der Waals surface area contributed by atoms with Crippen LogP contribution in [0.15, 0.2) is 65.1 Å². The molecule has 0 bridgehead atoms. The number of benzene rings is 2. The van der Waals surface area contributed by atoms with E-state index in [9.17, 15) is 13.2 Å². The lowest BCUT2D eigenvalue weighted by Gasteiger charge is -2.11. The van der Waals surface area contributed by atoms with Gasteiger partial charge in [0.05, 0.1) is 23.8 Å². The number of imidazole rings is 1. The van der Waals surface area contributed by atoms with Gasteiger partial charge in [-0.05, 0) is 24.3 Å². The molecule has 34 heavy (non-hydrogen) atoms. The SMILES string of the molecule is O=C(CCNS(=O)(=O)c1ccc2c(c1)OCCCO2)Nc1ccc(-c2cn3ccsc3n2)cc1. The van der Waals surface area contributed by atoms with Crippen molar-refractivity contribution in [1.29, 1.82) is 0 Å². The molecule has 0 aliphatic carbocycles. The van der Waals surface area contributed by atoms with Crippen LogP contribution in [0.3, 0.4) is 0 Å². The number of hydrogen-bond acceptors (Lipinski definition) is 7. The first-order chi connectivity index (χ1) is 16.5. The molecule has 0 saturated carbocycles. The molecule has 2 aromatic carbocycles. The monoisotopic (exact) mass is 498 g/mol. The van der Waals surface area contributed by atoms with E-state index in [-0.39, 0.29) is 23.8 Å². The highest BCUT2D eigenvalue weighted by Crippen LogP contribution is 2.31. The zero-order valence-corrected chi connectivity index (χ0v) is 19.7. The number of nitrogens with one attached hydrogen (secondary N) is 2. The van der Waals surface area contributed by atoms with Gasteiger partial charge in [0.2, 0.25) is 15.9 Å². The van der Waals surface area contributed by atoms with Gasteiger partial charge >= 0.3 is 0 Å². The van der Waals surface area contributed by atoms with E-state index >= 15 is 0 Å². The smallest absolute Gasteiger partial charge is 0.240 e. The molecule has 0 saturated heterocycles. The molecule has 1 aliphatic rings. The van der Waals surface area contributed by atoms with Gasteiger partial charge in [0.15, 0.2) is 16.5 Å². The third kappa shape index (κ3) is 4.91. The van der Waals surface area contributed by atoms with Crippen molar-refractivity contribution in [2.45, 2.75) is 17.7 Å². The molecule has 0 atom stereocenters. The average molecular weight is 499 g/mol. The molecule has 3 heterocycles. The number of carbonyl (C=O) groups is 1. The van der Waals surface area contributed by atoms with E-state index < -0.39 is 10.0 Å². The Bertz CT molecular complexity index is 1400. The molecule has 4 aromatic rings. The molecule has 0 fully saturated rings. The van der Waals surface area contributed by atoms with Crippen LogP contribution in [0.1, 0.15) is 12.8 Å². The van der Waals surface area contributed by atoms with Crippen molar-refractivity contribution in [3.63, 3.8) is 0 Å². The summed E-state index contributed by atoms with van der Waals surface area (Å²) >= 11 is 1.56. The van der Waals surface area contributed by atoms with Crippen LogP contribution in [0.25, 0.3) is 16.2 Å². The topological polar surface area (TPSA) is 111 Å². The highest BCUT2D eigenvalue weighted by molar-refractivity contribution is 7.89. The summed E-state index contributed by atoms with van der Waals surface area (Å²) in [7, 11) is -3.79. The first-order valence-corrected chi connectivity index (χ1v) is 13.1. The predicted octanol–water partition coefficient (Wildman–Crippen LogP) is 3.53. The first-order valence-electron chi connectivity index (χ1n) is 10.7. The molecule has 11 heteroatoms. The van der Waals surface area contributed by atoms with Crippen LogP contribution < -0.4 is 19.5 Å². The Morgan fingerprint density at radius 2 is 1.88 bits per heavy atom. The number of sulfonamides is 1. The van der Waals surface area contributed by atoms with Gasteiger partial charge in [0, 0.05) is 54.5 Å². The number of thiazole rings is 1. The van der Waals surface area contributed by atoms with E-state index in [1.165, 1.54) is 12.1 Å². The molecule has 1 aliphatic heterocycles. The average Bonchev–Trinajstić information content (AvgIpc) is 3.34. The molecular formula is C23H22N4O5S2. The van der Waals surface area contributed by atoms with Crippen LogP contribution in [-0.2, 0) is 14.8 Å². The zero-order valence-electron chi connectivity index (χ0n) is 18.1. The summed E-state index contributed by atoms with van der Waals surface area (Å²) in [5.74, 6) is 0.628. The second-order valence-electron chi connectivity index (χ2n) is 7.65. The number of ether oxygens (including phenoxy) is 2. The van der Waals surface area contributed by atoms with Crippen LogP contribution >= 0.6 is 11.3 Å². The Morgan fingerprint density at radius 1 is 1.09 bits per heavy atom. The summed E-state index contributed by atoms with van der Waals surface area (Å²) in [6.45, 7) is 0.954. The minimum atomic E-state index is -3.79. The van der Waals surface area contributed by atoms with Crippen molar-refractivity contribution in [3.8, 4) is 22.8 Å². The van der Waals surface area contributed by atoms with Crippen molar-refractivity contribution in [1.82, 2.24) is 14.1 Å². The van der Waals surface area contributed by atoms with Crippen molar-refractivity contribution in [3.05, 3.63) is 60.2 Å². The lowest BCUT2D eigenvalue weighted by atomic mass is 10.1. The molecule has 2 aromatic heterocycles. The third-order valence-electron chi connectivity index (χ3n) is 5.23. The number of anilines is 1. The fourth-order valence-corrected chi connectivity index (χ4v) is 5.25. The summed E-state index contributed by atoms with van der Waals surface area (Å²) < 4.78 is 40.7. The number of fused-ring (bicyclic) bond motifs is 2. The van der Waals surface area contributed by atoms with E-state index in [0.29, 0.717) is 30.4 Å². The van der Waals surface area contributed by atoms with Crippen LogP contribution in [-0.4, -0.2) is 43.5 Å². The minimum Gasteiger partial charge on any atom is -0.490 e. The maximum absolute atomic E-state index is 12.6. The van der Waals surface area contributed by atoms with E-state index in [4.69, 9.17) is 9.47 Å². The fraction of sp³-hybridized carbons (Fsp3) is 0.217. The molecule has 9 nitrogen and oxygen atoms in total. The van der Waals surface area contributed by atoms with E-state index in [1.54, 1.807) is 29.5 Å². The highest BCUT2D eigenvalue weighted by atomic mass is 32.2. The Hall–Kier alpha value is -3.41. The Morgan fingerprint density at radius 3 is 2.68 bits per heavy atom. The van der Waals surface area contributed by atoms with Gasteiger partial charge in [-0.25, -0.2) is 18.1 Å². The van der Waals surface area contributed by atoms with Crippen LogP contribution in [0.5, 0.6) is 11.5 Å². The third-order valence-corrected chi connectivity index (χ3v) is 7.46. The normalized spacial score (nSPS) is 13.5. The summed E-state index contributed by atoms with van der Waals surface area (Å²) in [6.07, 6.45) is 4.63. The van der Waals surface area contributed by atoms with Crippen LogP contribution in [0.2, 0.25) is 0 Å². The van der Waals surface area contributed by atoms with Crippen molar-refractivity contribution in [2.75, 3.05) is 25.1 Å². The van der Waals surface area contributed by atoms with Crippen LogP contribution in [0.4, 0.5) is 5.69 Å². The maximum atomic E-state index is 12.6. The van der Waals surface area contributed by atoms with Crippen molar-refractivity contribution in [2.24, 2.45) is 0 Å². The summed E-state index contributed by atoms with van der Waals surface area (Å²) in [6, 6.07) is 11.8. The predicted molar refractivity (Wildman–Crippen MR) is 129 cm³/mol. The van der Waals surface area contributed by atoms with Crippen molar-refractivity contribution >= 4 is 37.9 Å². The molecule has 5 rings (SSSR count). The molecular weight excluding hydrogens is 476 g/mol. The maximum Gasteiger partial charge on any atom is 0.240 e. The molecule has 0 unspecified atom stereocenters. The fourth-order valence-electron chi connectivity index (χ4n) is 3.51. The lowest BCUT2D eigenvalue weighted by Crippen LogP contribution is -2.27. The van der Waals surface area contributed by atoms with Gasteiger partial charge in [-0.2, -0.15) is 0 Å². The number of aromatic nitrogens is 2. The Labute approximate surface area is 200 Å². The van der Waals surface area contributed by atoms with Crippen molar-refractivity contribution < 1.29 is 22.7 Å². The second kappa shape index (κ2) is 9.45. The van der Waals surface area contributed by atoms with Gasteiger partial charge in [-0.1, -0.05) is 12.1 Å². The van der Waals surface area contributed by atoms with E-state index in [1.807, 2.05) is 34.3 Å². The van der Waals surface area contributed by atoms with Gasteiger partial charge in [0.25, 0.3) is 0 Å². The minimum absolute atomic E-state index is 0.0111. The highest BCUT2D eigenvalue weighted by Gasteiger charge is 2.19. The standard InChI is InChI=1S/C23H22N4O5S2/c28-22(25-17-4-2-16(3-5-17)19-15-27-10-13-33-23(27)26-19)8-9-24-34(29,30)18-6-7-20-21(14-18)32-12-1-11-31-20/h2-7,10,13-15,24H,1,8-9,11-12H2,(H,25,28). The number of rotatable bonds is 7. The van der Waals surface area contributed by atoms with Crippen LogP contribution in [0, 0.1) is 0 Å². The summed E-state index contributed by atoms with van der Waals surface area (Å²) in [5.41, 5.74) is 2.42. The molecule has 2 N–H and O–H groups in total. The summed E-state index contributed by atoms with van der Waals surface area (Å²) in [4.78, 5) is 17.9. The number of nitrogens with zero attached hydrogens (tertiary/aromatic N) is 2. The van der Waals surface area contributed by atoms with Gasteiger partial charge in [0.1, 0.15) is 0 Å². The van der Waals surface area contributed by atoms with Gasteiger partial charge in [-0.15, -0.1) is 11.3 Å². The van der Waals surface area contributed by atoms with E-state index in [2.05, 4.69) is 15.0 Å². The Kier molecular flexibility index (Phi) is 6.22. The quantitative estimate of drug-likeness (QED) is 0.403. The zero-order chi connectivity index (χ0) is 23.5. The largest absolute Gasteiger partial charge is 0.490 e. The van der Waals surface area contributed by atoms with E-state index in [0.717, 1.165) is 22.6 Å². The molecule has 0 spiro atoms. The van der Waals surface area contributed by atoms with Gasteiger partial charge < -0.3 is 14.8 Å². The number of amides is 1. The number of hydrogen-bond donors (Lipinski definition) is 2. The van der Waals surface area contributed by atoms with Gasteiger partial charge in [-0.3, -0.25) is 9.20 Å². The second-order valence-corrected chi connectivity index (χ2v) is 10.3. The Balaban J connectivity index is 1.15. The molecule has 0 radical (unpaired) electrons. The molecule has 1 amide bonds.